The van der Waals surface area contributed by atoms with Gasteiger partial charge in [0.05, 0.1) is 6.20 Å². The van der Waals surface area contributed by atoms with Crippen molar-refractivity contribution in [2.45, 2.75) is 13.8 Å². The lowest BCUT2D eigenvalue weighted by Crippen LogP contribution is -2.13. The van der Waals surface area contributed by atoms with Crippen molar-refractivity contribution in [3.63, 3.8) is 0 Å². The van der Waals surface area contributed by atoms with E-state index in [9.17, 15) is 9.18 Å². The molecule has 0 spiro atoms. The monoisotopic (exact) mass is 233 g/mol. The topological polar surface area (TPSA) is 57.8 Å². The molecular formula is C12H12FN3O. The van der Waals surface area contributed by atoms with Crippen molar-refractivity contribution in [1.29, 1.82) is 0 Å². The Morgan fingerprint density at radius 3 is 2.76 bits per heavy atom. The normalized spacial score (nSPS) is 10.3. The van der Waals surface area contributed by atoms with Gasteiger partial charge < -0.3 is 5.32 Å². The highest BCUT2D eigenvalue weighted by molar-refractivity contribution is 6.03. The smallest absolute Gasteiger partial charge is 0.256 e. The van der Waals surface area contributed by atoms with Crippen molar-refractivity contribution in [3.05, 3.63) is 46.9 Å². The molecule has 0 radical (unpaired) electrons. The Labute approximate surface area is 97.9 Å². The maximum atomic E-state index is 13.5. The number of carbonyl (C=O) groups excluding carboxylic acids is 1. The number of rotatable bonds is 2. The molecule has 88 valence electrons. The van der Waals surface area contributed by atoms with Gasteiger partial charge in [0.15, 0.2) is 0 Å². The summed E-state index contributed by atoms with van der Waals surface area (Å²) in [5, 5.41) is 8.90. The molecule has 0 unspecified atom stereocenters. The number of aryl methyl sites for hydroxylation is 1. The van der Waals surface area contributed by atoms with Crippen molar-refractivity contribution in [3.8, 4) is 0 Å². The summed E-state index contributed by atoms with van der Waals surface area (Å²) in [4.78, 5) is 11.8. The molecule has 0 fully saturated rings. The van der Waals surface area contributed by atoms with E-state index in [1.165, 1.54) is 12.3 Å². The minimum Gasteiger partial charge on any atom is -0.307 e. The summed E-state index contributed by atoms with van der Waals surface area (Å²) < 4.78 is 13.5. The number of aromatic amines is 1. The standard InChI is InChI=1S/C12H12FN3O/c1-7-5-9(6-10(13)8(7)2)12(17)15-11-3-4-14-16-11/h3-6H,1-2H3,(H2,14,15,16,17). The second-order valence-corrected chi connectivity index (χ2v) is 3.82. The highest BCUT2D eigenvalue weighted by Gasteiger charge is 2.11. The van der Waals surface area contributed by atoms with Gasteiger partial charge in [-0.05, 0) is 37.1 Å². The first-order valence-corrected chi connectivity index (χ1v) is 5.15. The van der Waals surface area contributed by atoms with Crippen LogP contribution in [0.1, 0.15) is 21.5 Å². The fourth-order valence-electron chi connectivity index (χ4n) is 1.47. The predicted molar refractivity (Wildman–Crippen MR) is 62.4 cm³/mol. The third-order valence-corrected chi connectivity index (χ3v) is 2.62. The fraction of sp³-hybridized carbons (Fsp3) is 0.167. The highest BCUT2D eigenvalue weighted by atomic mass is 19.1. The van der Waals surface area contributed by atoms with Crippen LogP contribution in [0.3, 0.4) is 0 Å². The highest BCUT2D eigenvalue weighted by Crippen LogP contribution is 2.15. The molecule has 1 aromatic heterocycles. The summed E-state index contributed by atoms with van der Waals surface area (Å²) in [6.45, 7) is 3.45. The molecule has 0 aliphatic rings. The largest absolute Gasteiger partial charge is 0.307 e. The number of H-pyrrole nitrogens is 1. The minimum absolute atomic E-state index is 0.292. The summed E-state index contributed by atoms with van der Waals surface area (Å²) in [5.41, 5.74) is 1.60. The van der Waals surface area contributed by atoms with Crippen molar-refractivity contribution in [2.24, 2.45) is 0 Å². The molecule has 1 heterocycles. The van der Waals surface area contributed by atoms with Crippen molar-refractivity contribution in [1.82, 2.24) is 10.2 Å². The first kappa shape index (κ1) is 11.3. The molecule has 1 aromatic carbocycles. The van der Waals surface area contributed by atoms with Gasteiger partial charge in [-0.15, -0.1) is 0 Å². The van der Waals surface area contributed by atoms with Gasteiger partial charge in [0, 0.05) is 11.6 Å². The maximum Gasteiger partial charge on any atom is 0.256 e. The first-order valence-electron chi connectivity index (χ1n) is 5.15. The average molecular weight is 233 g/mol. The molecule has 4 nitrogen and oxygen atoms in total. The number of aromatic nitrogens is 2. The average Bonchev–Trinajstić information content (AvgIpc) is 2.77. The van der Waals surface area contributed by atoms with Crippen LogP contribution in [-0.4, -0.2) is 16.1 Å². The number of anilines is 1. The summed E-state index contributed by atoms with van der Waals surface area (Å²) in [5.74, 6) is -0.260. The van der Waals surface area contributed by atoms with Gasteiger partial charge in [0.25, 0.3) is 5.91 Å². The van der Waals surface area contributed by atoms with Gasteiger partial charge in [0.1, 0.15) is 11.6 Å². The van der Waals surface area contributed by atoms with Crippen LogP contribution in [0.4, 0.5) is 10.2 Å². The Morgan fingerprint density at radius 1 is 1.41 bits per heavy atom. The van der Waals surface area contributed by atoms with Gasteiger partial charge >= 0.3 is 0 Å². The van der Waals surface area contributed by atoms with Gasteiger partial charge in [0.2, 0.25) is 0 Å². The van der Waals surface area contributed by atoms with Crippen LogP contribution in [-0.2, 0) is 0 Å². The lowest BCUT2D eigenvalue weighted by Gasteiger charge is -2.06. The number of hydrogen-bond acceptors (Lipinski definition) is 2. The van der Waals surface area contributed by atoms with Crippen LogP contribution in [0.2, 0.25) is 0 Å². The number of nitrogens with one attached hydrogen (secondary N) is 2. The van der Waals surface area contributed by atoms with E-state index in [1.807, 2.05) is 0 Å². The molecule has 0 atom stereocenters. The summed E-state index contributed by atoms with van der Waals surface area (Å²) in [6.07, 6.45) is 1.52. The van der Waals surface area contributed by atoms with E-state index in [-0.39, 0.29) is 11.7 Å². The quantitative estimate of drug-likeness (QED) is 0.836. The number of amides is 1. The van der Waals surface area contributed by atoms with Gasteiger partial charge in [-0.2, -0.15) is 5.10 Å². The second-order valence-electron chi connectivity index (χ2n) is 3.82. The molecule has 0 saturated carbocycles. The lowest BCUT2D eigenvalue weighted by atomic mass is 10.1. The van der Waals surface area contributed by atoms with Crippen molar-refractivity contribution < 1.29 is 9.18 Å². The zero-order valence-corrected chi connectivity index (χ0v) is 9.54. The Kier molecular flexibility index (Phi) is 2.91. The number of benzene rings is 1. The number of halogens is 1. The Hall–Kier alpha value is -2.17. The van der Waals surface area contributed by atoms with Crippen LogP contribution < -0.4 is 5.32 Å². The van der Waals surface area contributed by atoms with E-state index in [0.29, 0.717) is 16.9 Å². The number of nitrogens with zero attached hydrogens (tertiary/aromatic N) is 1. The van der Waals surface area contributed by atoms with E-state index in [4.69, 9.17) is 0 Å². The van der Waals surface area contributed by atoms with Gasteiger partial charge in [-0.1, -0.05) is 0 Å². The van der Waals surface area contributed by atoms with Crippen LogP contribution >= 0.6 is 0 Å². The SMILES string of the molecule is Cc1cc(C(=O)Nc2ccn[nH]2)cc(F)c1C. The maximum absolute atomic E-state index is 13.5. The molecule has 2 rings (SSSR count). The van der Waals surface area contributed by atoms with Crippen LogP contribution in [0.5, 0.6) is 0 Å². The molecule has 1 amide bonds. The van der Waals surface area contributed by atoms with E-state index < -0.39 is 0 Å². The van der Waals surface area contributed by atoms with Crippen LogP contribution in [0, 0.1) is 19.7 Å². The Balaban J connectivity index is 2.26. The Morgan fingerprint density at radius 2 is 2.18 bits per heavy atom. The second kappa shape index (κ2) is 4.37. The zero-order valence-electron chi connectivity index (χ0n) is 9.54. The predicted octanol–water partition coefficient (Wildman–Crippen LogP) is 2.42. The molecule has 0 bridgehead atoms. The van der Waals surface area contributed by atoms with Gasteiger partial charge in [-0.3, -0.25) is 9.89 Å². The Bertz CT molecular complexity index is 526. The molecule has 5 heteroatoms. The molecular weight excluding hydrogens is 221 g/mol. The van der Waals surface area contributed by atoms with Crippen LogP contribution in [0.25, 0.3) is 0 Å². The lowest BCUT2D eigenvalue weighted by molar-refractivity contribution is 0.102. The first-order chi connectivity index (χ1) is 8.08. The molecule has 17 heavy (non-hydrogen) atoms. The minimum atomic E-state index is -0.375. The van der Waals surface area contributed by atoms with Crippen LogP contribution in [0.15, 0.2) is 24.4 Å². The van der Waals surface area contributed by atoms with E-state index in [2.05, 4.69) is 15.5 Å². The summed E-state index contributed by atoms with van der Waals surface area (Å²) in [7, 11) is 0. The molecule has 0 aliphatic heterocycles. The van der Waals surface area contributed by atoms with E-state index >= 15 is 0 Å². The third-order valence-electron chi connectivity index (χ3n) is 2.62. The number of hydrogen-bond donors (Lipinski definition) is 2. The van der Waals surface area contributed by atoms with E-state index in [0.717, 1.165) is 5.56 Å². The zero-order chi connectivity index (χ0) is 12.4. The molecule has 2 aromatic rings. The third kappa shape index (κ3) is 2.33. The molecule has 0 saturated heterocycles. The van der Waals surface area contributed by atoms with E-state index in [1.54, 1.807) is 26.0 Å². The molecule has 2 N–H and O–H groups in total. The summed E-state index contributed by atoms with van der Waals surface area (Å²) >= 11 is 0. The molecule has 0 aliphatic carbocycles. The van der Waals surface area contributed by atoms with Crippen molar-refractivity contribution in [2.75, 3.05) is 5.32 Å². The van der Waals surface area contributed by atoms with Gasteiger partial charge in [-0.25, -0.2) is 4.39 Å². The van der Waals surface area contributed by atoms with Crippen molar-refractivity contribution >= 4 is 11.7 Å². The fourth-order valence-corrected chi connectivity index (χ4v) is 1.47. The summed E-state index contributed by atoms with van der Waals surface area (Å²) in [6, 6.07) is 4.51. The number of carbonyl (C=O) groups is 1.